The van der Waals surface area contributed by atoms with Crippen LogP contribution in [0.5, 0.6) is 11.5 Å². The van der Waals surface area contributed by atoms with Gasteiger partial charge in [0.2, 0.25) is 0 Å². The highest BCUT2D eigenvalue weighted by Crippen LogP contribution is 2.45. The molecule has 1 aromatic carbocycles. The minimum Gasteiger partial charge on any atom is -0.493 e. The summed E-state index contributed by atoms with van der Waals surface area (Å²) in [6.45, 7) is 3.17. The molecule has 30 heavy (non-hydrogen) atoms. The zero-order chi connectivity index (χ0) is 20.7. The Balaban J connectivity index is 1.36. The number of aromatic nitrogens is 2. The molecule has 0 aliphatic carbocycles. The fraction of sp³-hybridized carbons (Fsp3) is 0.455. The van der Waals surface area contributed by atoms with Gasteiger partial charge in [0, 0.05) is 37.3 Å². The predicted octanol–water partition coefficient (Wildman–Crippen LogP) is 2.84. The van der Waals surface area contributed by atoms with Gasteiger partial charge in [-0.25, -0.2) is 4.98 Å². The second-order valence-corrected chi connectivity index (χ2v) is 8.75. The van der Waals surface area contributed by atoms with E-state index in [1.54, 1.807) is 30.9 Å². The van der Waals surface area contributed by atoms with Gasteiger partial charge in [-0.15, -0.1) is 11.3 Å². The Morgan fingerprint density at radius 3 is 2.70 bits per heavy atom. The Labute approximate surface area is 178 Å². The van der Waals surface area contributed by atoms with Crippen molar-refractivity contribution in [2.24, 2.45) is 0 Å². The summed E-state index contributed by atoms with van der Waals surface area (Å²) in [7, 11) is 3.34. The Hall–Kier alpha value is -2.42. The van der Waals surface area contributed by atoms with Crippen molar-refractivity contribution in [2.75, 3.05) is 33.9 Å². The van der Waals surface area contributed by atoms with Crippen molar-refractivity contribution in [1.29, 1.82) is 0 Å². The van der Waals surface area contributed by atoms with Gasteiger partial charge in [0.1, 0.15) is 0 Å². The molecule has 0 radical (unpaired) electrons. The number of piperidine rings is 1. The van der Waals surface area contributed by atoms with Gasteiger partial charge >= 0.3 is 0 Å². The predicted molar refractivity (Wildman–Crippen MR) is 115 cm³/mol. The molecular formula is C22H25N3O4S. The minimum absolute atomic E-state index is 0.0182. The molecule has 0 atom stereocenters. The molecule has 158 valence electrons. The van der Waals surface area contributed by atoms with E-state index in [4.69, 9.17) is 14.2 Å². The van der Waals surface area contributed by atoms with Crippen molar-refractivity contribution in [3.05, 3.63) is 57.0 Å². The Kier molecular flexibility index (Phi) is 5.00. The lowest BCUT2D eigenvalue weighted by atomic mass is 9.79. The Bertz CT molecular complexity index is 1130. The molecule has 0 unspecified atom stereocenters. The van der Waals surface area contributed by atoms with Crippen molar-refractivity contribution in [2.45, 2.75) is 31.4 Å². The summed E-state index contributed by atoms with van der Waals surface area (Å²) in [6, 6.07) is 5.84. The number of likely N-dealkylation sites (tertiary alicyclic amines) is 1. The van der Waals surface area contributed by atoms with Crippen LogP contribution < -0.4 is 15.0 Å². The molecule has 1 spiro atoms. The van der Waals surface area contributed by atoms with Crippen LogP contribution >= 0.6 is 11.3 Å². The van der Waals surface area contributed by atoms with Gasteiger partial charge in [-0.1, -0.05) is 0 Å². The number of hydrogen-bond acceptors (Lipinski definition) is 7. The molecule has 5 rings (SSSR count). The summed E-state index contributed by atoms with van der Waals surface area (Å²) >= 11 is 1.49. The summed E-state index contributed by atoms with van der Waals surface area (Å²) < 4.78 is 19.0. The first-order valence-electron chi connectivity index (χ1n) is 10.2. The summed E-state index contributed by atoms with van der Waals surface area (Å²) in [6.07, 6.45) is 4.45. The van der Waals surface area contributed by atoms with E-state index in [0.29, 0.717) is 6.54 Å². The third-order valence-electron chi connectivity index (χ3n) is 6.26. The van der Waals surface area contributed by atoms with E-state index in [0.717, 1.165) is 61.1 Å². The van der Waals surface area contributed by atoms with Crippen molar-refractivity contribution >= 4 is 16.3 Å². The van der Waals surface area contributed by atoms with Crippen LogP contribution in [0.3, 0.4) is 0 Å². The maximum Gasteiger partial charge on any atom is 0.258 e. The lowest BCUT2D eigenvalue weighted by molar-refractivity contribution is -0.0991. The highest BCUT2D eigenvalue weighted by molar-refractivity contribution is 7.15. The molecule has 2 aromatic heterocycles. The van der Waals surface area contributed by atoms with Crippen molar-refractivity contribution < 1.29 is 14.2 Å². The van der Waals surface area contributed by atoms with E-state index in [9.17, 15) is 4.79 Å². The highest BCUT2D eigenvalue weighted by Gasteiger charge is 2.41. The number of rotatable bonds is 4. The quantitative estimate of drug-likeness (QED) is 0.638. The molecule has 8 heteroatoms. The van der Waals surface area contributed by atoms with Crippen LogP contribution in [0.1, 0.15) is 29.7 Å². The van der Waals surface area contributed by atoms with E-state index in [1.807, 2.05) is 5.38 Å². The summed E-state index contributed by atoms with van der Waals surface area (Å²) in [4.78, 5) is 20.0. The molecule has 0 bridgehead atoms. The van der Waals surface area contributed by atoms with Gasteiger partial charge in [0.15, 0.2) is 16.5 Å². The Morgan fingerprint density at radius 2 is 1.93 bits per heavy atom. The molecule has 2 aliphatic rings. The number of nitrogens with zero attached hydrogens (tertiary/aromatic N) is 3. The summed E-state index contributed by atoms with van der Waals surface area (Å²) in [5.74, 6) is 1.52. The molecule has 7 nitrogen and oxygen atoms in total. The number of benzene rings is 1. The van der Waals surface area contributed by atoms with Crippen molar-refractivity contribution in [1.82, 2.24) is 14.3 Å². The maximum absolute atomic E-state index is 12.3. The highest BCUT2D eigenvalue weighted by atomic mass is 32.1. The third-order valence-corrected chi connectivity index (χ3v) is 7.01. The van der Waals surface area contributed by atoms with Crippen LogP contribution in [-0.2, 0) is 23.3 Å². The van der Waals surface area contributed by atoms with Crippen LogP contribution in [0.4, 0.5) is 0 Å². The summed E-state index contributed by atoms with van der Waals surface area (Å²) in [5.41, 5.74) is 3.03. The van der Waals surface area contributed by atoms with Crippen molar-refractivity contribution in [3.8, 4) is 11.5 Å². The summed E-state index contributed by atoms with van der Waals surface area (Å²) in [5, 5.41) is 1.89. The number of fused-ring (bicyclic) bond motifs is 3. The fourth-order valence-corrected chi connectivity index (χ4v) is 5.41. The van der Waals surface area contributed by atoms with Gasteiger partial charge in [-0.05, 0) is 42.5 Å². The Morgan fingerprint density at radius 1 is 1.17 bits per heavy atom. The number of ether oxygens (including phenoxy) is 3. The average Bonchev–Trinajstić information content (AvgIpc) is 3.24. The number of methoxy groups -OCH3 is 2. The van der Waals surface area contributed by atoms with E-state index < -0.39 is 0 Å². The molecule has 0 saturated carbocycles. The molecule has 0 amide bonds. The standard InChI is InChI=1S/C22H25N3O4S/c1-27-18-11-15-3-9-29-22(17(15)13-19(18)28-2)4-6-24(7-5-22)14-16-12-20(26)25-8-10-30-21(25)23-16/h8,10-13H,3-7,9,14H2,1-2H3. The molecule has 3 aromatic rings. The lowest BCUT2D eigenvalue weighted by Crippen LogP contribution is -2.46. The monoisotopic (exact) mass is 427 g/mol. The average molecular weight is 428 g/mol. The van der Waals surface area contributed by atoms with Gasteiger partial charge in [-0.3, -0.25) is 14.1 Å². The van der Waals surface area contributed by atoms with Crippen molar-refractivity contribution in [3.63, 3.8) is 0 Å². The smallest absolute Gasteiger partial charge is 0.258 e. The SMILES string of the molecule is COc1cc2c(cc1OC)C1(CCN(Cc3cc(=O)n4ccsc4n3)CC1)OCC2. The van der Waals surface area contributed by atoms with E-state index in [-0.39, 0.29) is 11.2 Å². The zero-order valence-corrected chi connectivity index (χ0v) is 18.0. The van der Waals surface area contributed by atoms with Crippen LogP contribution in [0.25, 0.3) is 4.96 Å². The fourth-order valence-electron chi connectivity index (χ4n) is 4.67. The molecule has 2 aliphatic heterocycles. The molecular weight excluding hydrogens is 402 g/mol. The normalized spacial score (nSPS) is 18.5. The first-order valence-corrected chi connectivity index (χ1v) is 11.1. The molecule has 0 N–H and O–H groups in total. The second kappa shape index (κ2) is 7.68. The number of thiazole rings is 1. The van der Waals surface area contributed by atoms with Gasteiger partial charge in [-0.2, -0.15) is 0 Å². The topological polar surface area (TPSA) is 65.3 Å². The van der Waals surface area contributed by atoms with Crippen LogP contribution in [0.2, 0.25) is 0 Å². The largest absolute Gasteiger partial charge is 0.493 e. The van der Waals surface area contributed by atoms with Gasteiger partial charge < -0.3 is 14.2 Å². The number of hydrogen-bond donors (Lipinski definition) is 0. The maximum atomic E-state index is 12.3. The first-order chi connectivity index (χ1) is 14.6. The van der Waals surface area contributed by atoms with Gasteiger partial charge in [0.25, 0.3) is 5.56 Å². The van der Waals surface area contributed by atoms with E-state index in [2.05, 4.69) is 22.0 Å². The van der Waals surface area contributed by atoms with E-state index in [1.165, 1.54) is 22.5 Å². The van der Waals surface area contributed by atoms with Crippen LogP contribution in [0.15, 0.2) is 34.6 Å². The van der Waals surface area contributed by atoms with E-state index >= 15 is 0 Å². The van der Waals surface area contributed by atoms with Crippen LogP contribution in [-0.4, -0.2) is 48.2 Å². The zero-order valence-electron chi connectivity index (χ0n) is 17.2. The lowest BCUT2D eigenvalue weighted by Gasteiger charge is -2.45. The van der Waals surface area contributed by atoms with Crippen LogP contribution in [0, 0.1) is 0 Å². The first kappa shape index (κ1) is 19.5. The molecule has 4 heterocycles. The molecule has 1 saturated heterocycles. The second-order valence-electron chi connectivity index (χ2n) is 7.87. The minimum atomic E-state index is -0.283. The molecule has 1 fully saturated rings. The third kappa shape index (κ3) is 3.29. The van der Waals surface area contributed by atoms with Gasteiger partial charge in [0.05, 0.1) is 32.1 Å².